The molecule has 0 saturated carbocycles. The lowest BCUT2D eigenvalue weighted by Crippen LogP contribution is -2.28. The Hall–Kier alpha value is -2.21. The van der Waals surface area contributed by atoms with Crippen LogP contribution in [0.25, 0.3) is 10.1 Å². The fourth-order valence-corrected chi connectivity index (χ4v) is 3.46. The van der Waals surface area contributed by atoms with Gasteiger partial charge in [0.1, 0.15) is 12.2 Å². The van der Waals surface area contributed by atoms with Crippen molar-refractivity contribution < 1.29 is 4.79 Å². The lowest BCUT2D eigenvalue weighted by atomic mass is 10.2. The van der Waals surface area contributed by atoms with Gasteiger partial charge in [-0.1, -0.05) is 25.1 Å². The van der Waals surface area contributed by atoms with E-state index >= 15 is 0 Å². The average Bonchev–Trinajstić information content (AvgIpc) is 3.12. The highest BCUT2D eigenvalue weighted by Gasteiger charge is 2.07. The largest absolute Gasteiger partial charge is 0.354 e. The second kappa shape index (κ2) is 6.70. The minimum Gasteiger partial charge on any atom is -0.354 e. The molecule has 114 valence electrons. The zero-order valence-corrected chi connectivity index (χ0v) is 13.3. The van der Waals surface area contributed by atoms with Crippen LogP contribution in [0.3, 0.4) is 0 Å². The minimum atomic E-state index is 0.0534. The summed E-state index contributed by atoms with van der Waals surface area (Å²) >= 11 is 1.68. The Balaban J connectivity index is 1.52. The van der Waals surface area contributed by atoms with Crippen LogP contribution < -0.4 is 5.32 Å². The zero-order chi connectivity index (χ0) is 15.4. The molecule has 0 bridgehead atoms. The van der Waals surface area contributed by atoms with E-state index in [2.05, 4.69) is 33.7 Å². The quantitative estimate of drug-likeness (QED) is 0.760. The smallest absolute Gasteiger partial charge is 0.225 e. The first-order chi connectivity index (χ1) is 10.8. The molecule has 0 aliphatic rings. The number of amides is 1. The van der Waals surface area contributed by atoms with Gasteiger partial charge in [0.05, 0.1) is 6.42 Å². The van der Waals surface area contributed by atoms with Crippen LogP contribution in [0.15, 0.2) is 36.7 Å². The molecule has 0 spiro atoms. The van der Waals surface area contributed by atoms with Crippen LogP contribution in [-0.2, 0) is 24.2 Å². The monoisotopic (exact) mass is 314 g/mol. The molecule has 0 unspecified atom stereocenters. The number of aromatic nitrogens is 3. The minimum absolute atomic E-state index is 0.0534. The first kappa shape index (κ1) is 14.7. The number of carbonyl (C=O) groups excluding carboxylic acids is 1. The van der Waals surface area contributed by atoms with E-state index in [4.69, 9.17) is 0 Å². The lowest BCUT2D eigenvalue weighted by Gasteiger charge is -2.06. The third-order valence-electron chi connectivity index (χ3n) is 3.50. The number of hydrogen-bond acceptors (Lipinski definition) is 4. The molecular formula is C16H18N4OS. The topological polar surface area (TPSA) is 59.8 Å². The molecule has 3 rings (SSSR count). The maximum atomic E-state index is 12.0. The normalized spacial score (nSPS) is 11.0. The average molecular weight is 314 g/mol. The van der Waals surface area contributed by atoms with Gasteiger partial charge in [-0.3, -0.25) is 4.79 Å². The maximum Gasteiger partial charge on any atom is 0.225 e. The molecule has 0 aliphatic heterocycles. The predicted octanol–water partition coefficient (Wildman–Crippen LogP) is 2.41. The summed E-state index contributed by atoms with van der Waals surface area (Å²) < 4.78 is 3.20. The van der Waals surface area contributed by atoms with E-state index in [1.54, 1.807) is 17.7 Å². The second-order valence-electron chi connectivity index (χ2n) is 5.07. The zero-order valence-electron chi connectivity index (χ0n) is 12.5. The summed E-state index contributed by atoms with van der Waals surface area (Å²) in [6, 6.07) is 10.3. The summed E-state index contributed by atoms with van der Waals surface area (Å²) in [4.78, 5) is 13.1. The van der Waals surface area contributed by atoms with E-state index in [1.807, 2.05) is 23.6 Å². The Morgan fingerprint density at radius 1 is 1.36 bits per heavy atom. The Labute approximate surface area is 133 Å². The van der Waals surface area contributed by atoms with E-state index < -0.39 is 0 Å². The van der Waals surface area contributed by atoms with Crippen molar-refractivity contribution in [2.45, 2.75) is 26.3 Å². The van der Waals surface area contributed by atoms with E-state index in [0.717, 1.165) is 17.1 Å². The van der Waals surface area contributed by atoms with Gasteiger partial charge in [0.25, 0.3) is 0 Å². The molecule has 2 aromatic heterocycles. The third kappa shape index (κ3) is 3.33. The number of carbonyl (C=O) groups is 1. The molecule has 22 heavy (non-hydrogen) atoms. The Morgan fingerprint density at radius 3 is 3.05 bits per heavy atom. The van der Waals surface area contributed by atoms with Crippen molar-refractivity contribution in [1.29, 1.82) is 0 Å². The van der Waals surface area contributed by atoms with Crippen LogP contribution in [0.5, 0.6) is 0 Å². The molecule has 6 heteroatoms. The molecule has 0 saturated heterocycles. The van der Waals surface area contributed by atoms with E-state index in [0.29, 0.717) is 19.5 Å². The molecule has 5 nitrogen and oxygen atoms in total. The summed E-state index contributed by atoms with van der Waals surface area (Å²) in [5.74, 6) is 0.997. The molecule has 1 amide bonds. The molecule has 0 radical (unpaired) electrons. The number of rotatable bonds is 6. The number of benzene rings is 1. The van der Waals surface area contributed by atoms with Gasteiger partial charge in [0, 0.05) is 29.1 Å². The van der Waals surface area contributed by atoms with Gasteiger partial charge in [-0.25, -0.2) is 0 Å². The molecule has 1 N–H and O–H groups in total. The van der Waals surface area contributed by atoms with Crippen LogP contribution in [0, 0.1) is 0 Å². The fraction of sp³-hybridized carbons (Fsp3) is 0.312. The first-order valence-corrected chi connectivity index (χ1v) is 8.18. The van der Waals surface area contributed by atoms with Gasteiger partial charge in [0.15, 0.2) is 0 Å². The maximum absolute atomic E-state index is 12.0. The fourth-order valence-electron chi connectivity index (χ4n) is 2.40. The van der Waals surface area contributed by atoms with Crippen LogP contribution in [-0.4, -0.2) is 27.2 Å². The van der Waals surface area contributed by atoms with Crippen molar-refractivity contribution >= 4 is 27.3 Å². The number of thiophene rings is 1. The van der Waals surface area contributed by atoms with Gasteiger partial charge in [0.2, 0.25) is 5.91 Å². The number of nitrogens with zero attached hydrogens (tertiary/aromatic N) is 3. The highest BCUT2D eigenvalue weighted by atomic mass is 32.1. The molecule has 0 fully saturated rings. The van der Waals surface area contributed by atoms with Crippen molar-refractivity contribution in [1.82, 2.24) is 20.1 Å². The number of fused-ring (bicyclic) bond motifs is 1. The Kier molecular flexibility index (Phi) is 4.48. The summed E-state index contributed by atoms with van der Waals surface area (Å²) in [7, 11) is 0. The van der Waals surface area contributed by atoms with Gasteiger partial charge >= 0.3 is 0 Å². The van der Waals surface area contributed by atoms with Gasteiger partial charge in [-0.2, -0.15) is 0 Å². The van der Waals surface area contributed by atoms with Crippen molar-refractivity contribution in [2.24, 2.45) is 0 Å². The van der Waals surface area contributed by atoms with Crippen molar-refractivity contribution in [3.63, 3.8) is 0 Å². The summed E-state index contributed by atoms with van der Waals surface area (Å²) in [6.07, 6.45) is 2.98. The number of aryl methyl sites for hydroxylation is 1. The Morgan fingerprint density at radius 2 is 2.23 bits per heavy atom. The van der Waals surface area contributed by atoms with Gasteiger partial charge < -0.3 is 9.88 Å². The summed E-state index contributed by atoms with van der Waals surface area (Å²) in [5, 5.41) is 12.1. The van der Waals surface area contributed by atoms with Crippen LogP contribution >= 0.6 is 11.3 Å². The SMILES string of the molecule is CCc1nncn1CCNC(=O)Cc1cc2ccccc2s1. The standard InChI is InChI=1S/C16H18N4OS/c1-2-15-19-18-11-20(15)8-7-17-16(21)10-13-9-12-5-3-4-6-14(12)22-13/h3-6,9,11H,2,7-8,10H2,1H3,(H,17,21). The number of nitrogens with one attached hydrogen (secondary N) is 1. The Bertz CT molecular complexity index is 744. The van der Waals surface area contributed by atoms with Crippen molar-refractivity contribution in [2.75, 3.05) is 6.54 Å². The summed E-state index contributed by atoms with van der Waals surface area (Å²) in [5.41, 5.74) is 0. The van der Waals surface area contributed by atoms with Gasteiger partial charge in [-0.15, -0.1) is 21.5 Å². The predicted molar refractivity (Wildman–Crippen MR) is 87.9 cm³/mol. The molecule has 0 aliphatic carbocycles. The van der Waals surface area contributed by atoms with Crippen LogP contribution in [0.1, 0.15) is 17.6 Å². The molecule has 3 aromatic rings. The van der Waals surface area contributed by atoms with Crippen molar-refractivity contribution in [3.05, 3.63) is 47.4 Å². The van der Waals surface area contributed by atoms with E-state index in [-0.39, 0.29) is 5.91 Å². The highest BCUT2D eigenvalue weighted by molar-refractivity contribution is 7.19. The second-order valence-corrected chi connectivity index (χ2v) is 6.24. The van der Waals surface area contributed by atoms with Gasteiger partial charge in [-0.05, 0) is 17.5 Å². The molecular weight excluding hydrogens is 296 g/mol. The van der Waals surface area contributed by atoms with E-state index in [9.17, 15) is 4.79 Å². The third-order valence-corrected chi connectivity index (χ3v) is 4.61. The van der Waals surface area contributed by atoms with Crippen LogP contribution in [0.4, 0.5) is 0 Å². The van der Waals surface area contributed by atoms with Crippen LogP contribution in [0.2, 0.25) is 0 Å². The molecule has 1 aromatic carbocycles. The number of hydrogen-bond donors (Lipinski definition) is 1. The lowest BCUT2D eigenvalue weighted by molar-refractivity contribution is -0.120. The molecule has 2 heterocycles. The van der Waals surface area contributed by atoms with Crippen molar-refractivity contribution in [3.8, 4) is 0 Å². The molecule has 0 atom stereocenters. The highest BCUT2D eigenvalue weighted by Crippen LogP contribution is 2.25. The first-order valence-electron chi connectivity index (χ1n) is 7.37. The summed E-state index contributed by atoms with van der Waals surface area (Å²) in [6.45, 7) is 3.34. The van der Waals surface area contributed by atoms with E-state index in [1.165, 1.54) is 10.1 Å².